The fourth-order valence-electron chi connectivity index (χ4n) is 3.71. The Bertz CT molecular complexity index is 929. The van der Waals surface area contributed by atoms with Gasteiger partial charge in [-0.3, -0.25) is 15.0 Å². The van der Waals surface area contributed by atoms with Crippen LogP contribution in [0.5, 0.6) is 0 Å². The van der Waals surface area contributed by atoms with Gasteiger partial charge < -0.3 is 5.32 Å². The van der Waals surface area contributed by atoms with Crippen molar-refractivity contribution in [3.63, 3.8) is 0 Å². The van der Waals surface area contributed by atoms with E-state index < -0.39 is 0 Å². The van der Waals surface area contributed by atoms with Crippen LogP contribution in [0, 0.1) is 0 Å². The number of aromatic nitrogens is 2. The summed E-state index contributed by atoms with van der Waals surface area (Å²) in [5.41, 5.74) is 5.36. The van der Waals surface area contributed by atoms with Gasteiger partial charge in [-0.05, 0) is 43.5 Å². The first-order chi connectivity index (χ1) is 10.9. The van der Waals surface area contributed by atoms with E-state index in [1.807, 2.05) is 24.5 Å². The van der Waals surface area contributed by atoms with Gasteiger partial charge >= 0.3 is 0 Å². The van der Waals surface area contributed by atoms with Gasteiger partial charge in [-0.2, -0.15) is 0 Å². The summed E-state index contributed by atoms with van der Waals surface area (Å²) in [6.45, 7) is 0. The number of rotatable bonds is 0. The molecule has 2 aromatic heterocycles. The number of pyridine rings is 2. The van der Waals surface area contributed by atoms with E-state index in [0.717, 1.165) is 39.6 Å². The Kier molecular flexibility index (Phi) is 2.47. The van der Waals surface area contributed by atoms with E-state index in [2.05, 4.69) is 27.4 Å². The van der Waals surface area contributed by atoms with Crippen LogP contribution in [0.2, 0.25) is 0 Å². The lowest BCUT2D eigenvalue weighted by molar-refractivity contribution is 0.625. The van der Waals surface area contributed by atoms with Gasteiger partial charge in [0, 0.05) is 28.9 Å². The second-order valence-electron chi connectivity index (χ2n) is 6.07. The van der Waals surface area contributed by atoms with Crippen molar-refractivity contribution in [2.45, 2.75) is 31.7 Å². The van der Waals surface area contributed by atoms with Crippen molar-refractivity contribution >= 4 is 38.9 Å². The number of hydrogen-bond acceptors (Lipinski definition) is 4. The summed E-state index contributed by atoms with van der Waals surface area (Å²) in [4.78, 5) is 14.2. The molecular weight excluding hydrogens is 272 g/mol. The fourth-order valence-corrected chi connectivity index (χ4v) is 3.71. The second kappa shape index (κ2) is 4.50. The first-order valence-electron chi connectivity index (χ1n) is 7.91. The van der Waals surface area contributed by atoms with Gasteiger partial charge in [-0.25, -0.2) is 0 Å². The number of nitrogens with zero attached hydrogens (tertiary/aromatic N) is 3. The molecule has 3 heterocycles. The third-order valence-electron chi connectivity index (χ3n) is 4.75. The third-order valence-corrected chi connectivity index (χ3v) is 4.75. The minimum Gasteiger partial charge on any atom is -0.375 e. The highest BCUT2D eigenvalue weighted by atomic mass is 15.0. The van der Waals surface area contributed by atoms with Crippen molar-refractivity contribution in [3.8, 4) is 0 Å². The zero-order valence-corrected chi connectivity index (χ0v) is 12.2. The van der Waals surface area contributed by atoms with Crippen molar-refractivity contribution in [1.82, 2.24) is 9.97 Å². The molecule has 1 unspecified atom stereocenters. The molecule has 1 atom stereocenters. The highest BCUT2D eigenvalue weighted by molar-refractivity contribution is 6.19. The van der Waals surface area contributed by atoms with Crippen molar-refractivity contribution < 1.29 is 0 Å². The molecule has 1 aromatic carbocycles. The van der Waals surface area contributed by atoms with E-state index in [-0.39, 0.29) is 0 Å². The molecule has 0 radical (unpaired) electrons. The Balaban J connectivity index is 1.92. The lowest BCUT2D eigenvalue weighted by atomic mass is 9.90. The molecule has 1 aliphatic carbocycles. The molecule has 1 N–H and O–H groups in total. The second-order valence-corrected chi connectivity index (χ2v) is 6.07. The lowest BCUT2D eigenvalue weighted by Crippen LogP contribution is -2.34. The molecule has 1 fully saturated rings. The molecule has 22 heavy (non-hydrogen) atoms. The highest BCUT2D eigenvalue weighted by Crippen LogP contribution is 2.44. The predicted octanol–water partition coefficient (Wildman–Crippen LogP) is 4.22. The molecule has 1 aliphatic heterocycles. The summed E-state index contributed by atoms with van der Waals surface area (Å²) in [5.74, 6) is 0. The molecular formula is C18H16N4. The van der Waals surface area contributed by atoms with Gasteiger partial charge in [-0.1, -0.05) is 6.42 Å². The van der Waals surface area contributed by atoms with Gasteiger partial charge in [0.1, 0.15) is 0 Å². The molecule has 3 aromatic rings. The molecule has 0 amide bonds. The summed E-state index contributed by atoms with van der Waals surface area (Å²) in [7, 11) is 0. The molecule has 1 saturated carbocycles. The number of benzene rings is 1. The molecule has 4 heteroatoms. The van der Waals surface area contributed by atoms with Gasteiger partial charge in [-0.15, -0.1) is 0 Å². The van der Waals surface area contributed by atoms with E-state index in [1.54, 1.807) is 0 Å². The van der Waals surface area contributed by atoms with Crippen molar-refractivity contribution in [1.29, 1.82) is 0 Å². The predicted molar refractivity (Wildman–Crippen MR) is 90.0 cm³/mol. The molecule has 0 bridgehead atoms. The largest absolute Gasteiger partial charge is 0.375 e. The third kappa shape index (κ3) is 1.61. The van der Waals surface area contributed by atoms with Gasteiger partial charge in [0.25, 0.3) is 0 Å². The van der Waals surface area contributed by atoms with Gasteiger partial charge in [0.15, 0.2) is 0 Å². The van der Waals surface area contributed by atoms with Crippen LogP contribution in [0.4, 0.5) is 11.4 Å². The Hall–Kier alpha value is -2.49. The van der Waals surface area contributed by atoms with Crippen LogP contribution in [-0.2, 0) is 0 Å². The standard InChI is InChI=1S/C18H16N4/c1-2-8-14-13(7-1)21-17-11-5-3-9-19-15(11)16-12(18(17)22-14)6-4-10-20-16/h3-6,9-10,13,21H,1-2,7-8H2. The Labute approximate surface area is 128 Å². The average molecular weight is 288 g/mol. The summed E-state index contributed by atoms with van der Waals surface area (Å²) >= 11 is 0. The molecule has 4 nitrogen and oxygen atoms in total. The maximum atomic E-state index is 5.03. The summed E-state index contributed by atoms with van der Waals surface area (Å²) < 4.78 is 0. The molecule has 108 valence electrons. The maximum absolute atomic E-state index is 5.03. The zero-order valence-electron chi connectivity index (χ0n) is 12.2. The van der Waals surface area contributed by atoms with Crippen molar-refractivity contribution in [3.05, 3.63) is 36.7 Å². The van der Waals surface area contributed by atoms with Crippen LogP contribution in [0.15, 0.2) is 41.7 Å². The summed E-state index contributed by atoms with van der Waals surface area (Å²) in [6, 6.07) is 8.57. The van der Waals surface area contributed by atoms with Crippen LogP contribution in [0.25, 0.3) is 21.8 Å². The normalized spacial score (nSPS) is 20.2. The Morgan fingerprint density at radius 1 is 0.955 bits per heavy atom. The van der Waals surface area contributed by atoms with E-state index in [9.17, 15) is 0 Å². The Morgan fingerprint density at radius 3 is 2.59 bits per heavy atom. The first-order valence-corrected chi connectivity index (χ1v) is 7.91. The minimum atomic E-state index is 0.388. The van der Waals surface area contributed by atoms with E-state index in [4.69, 9.17) is 4.99 Å². The minimum absolute atomic E-state index is 0.388. The topological polar surface area (TPSA) is 50.2 Å². The molecule has 2 aliphatic rings. The summed E-state index contributed by atoms with van der Waals surface area (Å²) in [5, 5.41) is 5.95. The fraction of sp³-hybridized carbons (Fsp3) is 0.278. The average Bonchev–Trinajstić information content (AvgIpc) is 2.61. The van der Waals surface area contributed by atoms with Crippen molar-refractivity contribution in [2.75, 3.05) is 5.32 Å². The van der Waals surface area contributed by atoms with E-state index >= 15 is 0 Å². The van der Waals surface area contributed by atoms with Gasteiger partial charge in [0.2, 0.25) is 0 Å². The zero-order chi connectivity index (χ0) is 14.5. The highest BCUT2D eigenvalue weighted by Gasteiger charge is 2.28. The maximum Gasteiger partial charge on any atom is 0.0987 e. The Morgan fingerprint density at radius 2 is 1.73 bits per heavy atom. The smallest absolute Gasteiger partial charge is 0.0987 e. The molecule has 0 spiro atoms. The van der Waals surface area contributed by atoms with E-state index in [1.165, 1.54) is 25.0 Å². The van der Waals surface area contributed by atoms with Gasteiger partial charge in [0.05, 0.1) is 28.5 Å². The van der Waals surface area contributed by atoms with Crippen LogP contribution in [0.1, 0.15) is 25.7 Å². The molecule has 0 saturated heterocycles. The van der Waals surface area contributed by atoms with Crippen LogP contribution in [0.3, 0.4) is 0 Å². The van der Waals surface area contributed by atoms with Crippen LogP contribution >= 0.6 is 0 Å². The monoisotopic (exact) mass is 288 g/mol. The van der Waals surface area contributed by atoms with Crippen LogP contribution in [-0.4, -0.2) is 21.7 Å². The first kappa shape index (κ1) is 12.1. The van der Waals surface area contributed by atoms with Crippen LogP contribution < -0.4 is 5.32 Å². The molecule has 5 rings (SSSR count). The number of hydrogen-bond donors (Lipinski definition) is 1. The number of aliphatic imine (C=N–C) groups is 1. The number of nitrogens with one attached hydrogen (secondary N) is 1. The lowest BCUT2D eigenvalue weighted by Gasteiger charge is -2.31. The van der Waals surface area contributed by atoms with Crippen molar-refractivity contribution in [2.24, 2.45) is 4.99 Å². The van der Waals surface area contributed by atoms with E-state index in [0.29, 0.717) is 6.04 Å². The quantitative estimate of drug-likeness (QED) is 0.630. The SMILES string of the molecule is c1cnc2c(c1)c1c(c3cccnc32)NC2CCCCC2=N1. The summed E-state index contributed by atoms with van der Waals surface area (Å²) in [6.07, 6.45) is 8.46. The number of anilines is 1. The number of fused-ring (bicyclic) bond motifs is 7.